The van der Waals surface area contributed by atoms with Crippen molar-refractivity contribution in [3.05, 3.63) is 71.6 Å². The van der Waals surface area contributed by atoms with E-state index in [9.17, 15) is 4.79 Å². The summed E-state index contributed by atoms with van der Waals surface area (Å²) in [5.41, 5.74) is 7.34. The molecule has 3 aliphatic rings. The number of amides is 1. The average Bonchev–Trinajstić information content (AvgIpc) is 3.33. The summed E-state index contributed by atoms with van der Waals surface area (Å²) in [6.07, 6.45) is 9.14. The molecule has 0 radical (unpaired) electrons. The zero-order chi connectivity index (χ0) is 28.7. The van der Waals surface area contributed by atoms with Crippen LogP contribution in [0.25, 0.3) is 11.3 Å². The number of nitrogens with one attached hydrogen (secondary N) is 3. The first-order valence-corrected chi connectivity index (χ1v) is 13.8. The fourth-order valence-electron chi connectivity index (χ4n) is 4.78. The summed E-state index contributed by atoms with van der Waals surface area (Å²) in [6.45, 7) is 16.7. The van der Waals surface area contributed by atoms with Crippen molar-refractivity contribution in [3.63, 3.8) is 0 Å². The summed E-state index contributed by atoms with van der Waals surface area (Å²) in [6, 6.07) is 5.67. The summed E-state index contributed by atoms with van der Waals surface area (Å²) in [5, 5.41) is 9.52. The van der Waals surface area contributed by atoms with Gasteiger partial charge in [-0.15, -0.1) is 5.73 Å². The van der Waals surface area contributed by atoms with Gasteiger partial charge in [-0.3, -0.25) is 9.79 Å². The van der Waals surface area contributed by atoms with Gasteiger partial charge in [0.05, 0.1) is 59.8 Å². The molecule has 0 aromatic carbocycles. The van der Waals surface area contributed by atoms with E-state index in [0.717, 1.165) is 35.8 Å². The zero-order valence-electron chi connectivity index (χ0n) is 23.9. The Morgan fingerprint density at radius 1 is 1.27 bits per heavy atom. The Morgan fingerprint density at radius 2 is 2.05 bits per heavy atom. The number of nitrogens with zero attached hydrogens (tertiary/aromatic N) is 3. The number of carbonyl (C=O) groups is 1. The van der Waals surface area contributed by atoms with E-state index < -0.39 is 0 Å². The third-order valence-electron chi connectivity index (χ3n) is 7.09. The quantitative estimate of drug-likeness (QED) is 0.231. The molecule has 1 aromatic rings. The lowest BCUT2D eigenvalue weighted by molar-refractivity contribution is -0.118. The van der Waals surface area contributed by atoms with E-state index in [-0.39, 0.29) is 35.4 Å². The fraction of sp³-hybridized carbons (Fsp3) is 0.452. The molecule has 40 heavy (non-hydrogen) atoms. The number of amidine groups is 1. The maximum atomic E-state index is 12.9. The van der Waals surface area contributed by atoms with Gasteiger partial charge in [-0.05, 0) is 64.1 Å². The van der Waals surface area contributed by atoms with E-state index in [4.69, 9.17) is 19.5 Å². The van der Waals surface area contributed by atoms with Gasteiger partial charge in [-0.2, -0.15) is 0 Å². The Bertz CT molecular complexity index is 1300. The number of aliphatic imine (C=N–C) groups is 2. The summed E-state index contributed by atoms with van der Waals surface area (Å²) in [5.74, 6) is 0.394. The van der Waals surface area contributed by atoms with Crippen LogP contribution in [0.5, 0.6) is 0 Å². The summed E-state index contributed by atoms with van der Waals surface area (Å²) < 4.78 is 11.2. The van der Waals surface area contributed by atoms with Crippen LogP contribution in [0.15, 0.2) is 70.2 Å². The Balaban J connectivity index is 1.41. The predicted molar refractivity (Wildman–Crippen MR) is 159 cm³/mol. The lowest BCUT2D eigenvalue weighted by Gasteiger charge is -2.38. The molecule has 4 heterocycles. The van der Waals surface area contributed by atoms with Gasteiger partial charge in [0, 0.05) is 19.0 Å². The van der Waals surface area contributed by atoms with Crippen molar-refractivity contribution in [2.24, 2.45) is 9.98 Å². The molecule has 0 spiro atoms. The van der Waals surface area contributed by atoms with E-state index in [2.05, 4.69) is 59.9 Å². The molecule has 0 unspecified atom stereocenters. The van der Waals surface area contributed by atoms with Crippen LogP contribution in [-0.4, -0.2) is 60.4 Å². The standard InChI is InChI=1S/C31H40N6O3/c1-7-23(24(8-2)37-30(38)28(32-6)17-33-31(5)18-39-19-31)35-29-15-14-27(36-29)26-11-9-10-25(34-26)22-13-12-20(3)40-21(4)16-22/h9-11,13-14,17,20-21,24,33H,1,6,8,12,15-16,18-19H2,2-5H3,(H,35,36)(H,37,38)/b28-17-/t20-,21+,24-/m0/s1. The van der Waals surface area contributed by atoms with Crippen LogP contribution in [0.4, 0.5) is 0 Å². The van der Waals surface area contributed by atoms with Crippen molar-refractivity contribution in [1.29, 1.82) is 0 Å². The highest BCUT2D eigenvalue weighted by Gasteiger charge is 2.32. The van der Waals surface area contributed by atoms with E-state index >= 15 is 0 Å². The topological polar surface area (TPSA) is 109 Å². The van der Waals surface area contributed by atoms with Crippen LogP contribution in [0.3, 0.4) is 0 Å². The van der Waals surface area contributed by atoms with Gasteiger partial charge in [0.25, 0.3) is 5.91 Å². The molecular weight excluding hydrogens is 504 g/mol. The molecule has 1 amide bonds. The SMILES string of the molecule is C=C=C(NC1=NC(c2cccc(C3=CC[C@H](C)O[C@H](C)C3)n2)=CC1)[C@H](CC)NC(=O)/C(=C/NC1(C)COC1)N=C. The second-order valence-corrected chi connectivity index (χ2v) is 10.7. The molecule has 3 N–H and O–H groups in total. The zero-order valence-corrected chi connectivity index (χ0v) is 23.9. The van der Waals surface area contributed by atoms with Gasteiger partial charge in [-0.1, -0.05) is 25.6 Å². The van der Waals surface area contributed by atoms with Crippen molar-refractivity contribution >= 4 is 29.7 Å². The number of pyridine rings is 1. The van der Waals surface area contributed by atoms with Gasteiger partial charge in [0.1, 0.15) is 11.5 Å². The number of carbonyl (C=O) groups excluding carboxylic acids is 1. The van der Waals surface area contributed by atoms with E-state index in [1.165, 1.54) is 5.57 Å². The van der Waals surface area contributed by atoms with Crippen LogP contribution >= 0.6 is 0 Å². The number of hydrogen-bond acceptors (Lipinski definition) is 8. The first-order valence-electron chi connectivity index (χ1n) is 13.8. The fourth-order valence-corrected chi connectivity index (χ4v) is 4.78. The van der Waals surface area contributed by atoms with Crippen molar-refractivity contribution < 1.29 is 14.3 Å². The first-order chi connectivity index (χ1) is 19.2. The van der Waals surface area contributed by atoms with Gasteiger partial charge in [-0.25, -0.2) is 9.98 Å². The van der Waals surface area contributed by atoms with Crippen molar-refractivity contribution in [1.82, 2.24) is 20.9 Å². The van der Waals surface area contributed by atoms with Gasteiger partial charge in [0.15, 0.2) is 0 Å². The molecule has 3 atom stereocenters. The second-order valence-electron chi connectivity index (χ2n) is 10.7. The van der Waals surface area contributed by atoms with Crippen LogP contribution in [0.2, 0.25) is 0 Å². The highest BCUT2D eigenvalue weighted by molar-refractivity contribution is 5.96. The molecule has 3 aliphatic heterocycles. The van der Waals surface area contributed by atoms with E-state index in [0.29, 0.717) is 31.8 Å². The van der Waals surface area contributed by atoms with Crippen molar-refractivity contribution in [2.45, 2.75) is 77.2 Å². The minimum atomic E-state index is -0.361. The molecule has 9 heteroatoms. The predicted octanol–water partition coefficient (Wildman–Crippen LogP) is 4.27. The lowest BCUT2D eigenvalue weighted by Crippen LogP contribution is -2.56. The molecule has 1 aromatic heterocycles. The normalized spacial score (nSPS) is 22.8. The lowest BCUT2D eigenvalue weighted by atomic mass is 10.0. The Kier molecular flexibility index (Phi) is 9.53. The summed E-state index contributed by atoms with van der Waals surface area (Å²) in [4.78, 5) is 26.6. The molecule has 0 saturated carbocycles. The minimum Gasteiger partial charge on any atom is -0.379 e. The number of rotatable bonds is 10. The molecule has 0 bridgehead atoms. The van der Waals surface area contributed by atoms with Gasteiger partial charge in [0.2, 0.25) is 0 Å². The largest absolute Gasteiger partial charge is 0.379 e. The minimum absolute atomic E-state index is 0.149. The maximum Gasteiger partial charge on any atom is 0.271 e. The van der Waals surface area contributed by atoms with Crippen LogP contribution in [-0.2, 0) is 14.3 Å². The number of ether oxygens (including phenoxy) is 2. The van der Waals surface area contributed by atoms with Crippen molar-refractivity contribution in [3.8, 4) is 0 Å². The maximum absolute atomic E-state index is 12.9. The Hall–Kier alpha value is -3.78. The van der Waals surface area contributed by atoms with Crippen molar-refractivity contribution in [2.75, 3.05) is 13.2 Å². The monoisotopic (exact) mass is 544 g/mol. The highest BCUT2D eigenvalue weighted by atomic mass is 16.5. The molecule has 0 aliphatic carbocycles. The van der Waals surface area contributed by atoms with Gasteiger partial charge >= 0.3 is 0 Å². The van der Waals surface area contributed by atoms with Crippen LogP contribution in [0.1, 0.15) is 64.8 Å². The second kappa shape index (κ2) is 13.0. The van der Waals surface area contributed by atoms with E-state index in [1.807, 2.05) is 38.1 Å². The molecule has 4 rings (SSSR count). The molecule has 212 valence electrons. The molecule has 1 saturated heterocycles. The van der Waals surface area contributed by atoms with Crippen LogP contribution < -0.4 is 16.0 Å². The molecule has 1 fully saturated rings. The molecular formula is C31H40N6O3. The Labute approximate surface area is 237 Å². The summed E-state index contributed by atoms with van der Waals surface area (Å²) >= 11 is 0. The highest BCUT2D eigenvalue weighted by Crippen LogP contribution is 2.28. The molecule has 9 nitrogen and oxygen atoms in total. The smallest absolute Gasteiger partial charge is 0.271 e. The third kappa shape index (κ3) is 7.24. The summed E-state index contributed by atoms with van der Waals surface area (Å²) in [7, 11) is 0. The third-order valence-corrected chi connectivity index (χ3v) is 7.09. The van der Waals surface area contributed by atoms with Crippen LogP contribution in [0, 0.1) is 0 Å². The number of aromatic nitrogens is 1. The first kappa shape index (κ1) is 29.2. The van der Waals surface area contributed by atoms with Gasteiger partial charge < -0.3 is 25.4 Å². The Morgan fingerprint density at radius 3 is 2.73 bits per heavy atom. The number of hydrogen-bond donors (Lipinski definition) is 3. The average molecular weight is 545 g/mol. The van der Waals surface area contributed by atoms with E-state index in [1.54, 1.807) is 6.20 Å².